The van der Waals surface area contributed by atoms with E-state index >= 15 is 0 Å². The molecule has 0 fully saturated rings. The number of hydrogen-bond acceptors (Lipinski definition) is 0. The lowest BCUT2D eigenvalue weighted by Crippen LogP contribution is -2.63. The molecule has 2 aromatic heterocycles. The van der Waals surface area contributed by atoms with Crippen molar-refractivity contribution in [1.29, 1.82) is 0 Å². The Labute approximate surface area is 337 Å². The van der Waals surface area contributed by atoms with Gasteiger partial charge in [0.05, 0.1) is 16.7 Å². The van der Waals surface area contributed by atoms with Crippen LogP contribution in [-0.2, 0) is 0 Å². The third-order valence-corrected chi connectivity index (χ3v) is 13.0. The molecule has 9 aromatic carbocycles. The Balaban J connectivity index is 1.38. The number of para-hydroxylation sites is 4. The van der Waals surface area contributed by atoms with E-state index in [1.165, 1.54) is 110 Å². The normalized spacial score (nSPS) is 12.8. The third-order valence-electron chi connectivity index (χ3n) is 13.0. The summed E-state index contributed by atoms with van der Waals surface area (Å²) >= 11 is 0. The molecule has 0 unspecified atom stereocenters. The molecule has 13 rings (SSSR count). The molecule has 58 heavy (non-hydrogen) atoms. The molecular formula is C54H34B2N2. The maximum absolute atomic E-state index is 2.67. The number of benzene rings is 9. The topological polar surface area (TPSA) is 9.86 Å². The monoisotopic (exact) mass is 732 g/mol. The number of fused-ring (bicyclic) bond motifs is 11. The summed E-state index contributed by atoms with van der Waals surface area (Å²) in [6.07, 6.45) is 0. The molecule has 0 aliphatic carbocycles. The minimum atomic E-state index is -0.0457. The van der Waals surface area contributed by atoms with Gasteiger partial charge >= 0.3 is 0 Å². The fourth-order valence-electron chi connectivity index (χ4n) is 10.9. The highest BCUT2D eigenvalue weighted by atomic mass is 15.0. The summed E-state index contributed by atoms with van der Waals surface area (Å²) in [5.74, 6) is 0. The Morgan fingerprint density at radius 2 is 0.690 bits per heavy atom. The van der Waals surface area contributed by atoms with Crippen LogP contribution in [0.4, 0.5) is 0 Å². The maximum atomic E-state index is 2.67. The van der Waals surface area contributed by atoms with Gasteiger partial charge in [0.25, 0.3) is 0 Å². The van der Waals surface area contributed by atoms with Gasteiger partial charge in [0.2, 0.25) is 13.4 Å². The number of nitrogens with zero attached hydrogens (tertiary/aromatic N) is 2. The highest BCUT2D eigenvalue weighted by molar-refractivity contribution is 7.02. The first kappa shape index (κ1) is 31.9. The molecule has 0 saturated heterocycles. The fourth-order valence-corrected chi connectivity index (χ4v) is 10.9. The summed E-state index contributed by atoms with van der Waals surface area (Å²) < 4.78 is 5.31. The quantitative estimate of drug-likeness (QED) is 0.160. The SMILES string of the molecule is c1ccc(B2c3c(-c4ccccc4)c(-c4ccccc4)c4c(c3-n3c5ccccc5c5cccc2c53)B(c2ccccc2)c2cccc3c5ccccc5n-4c23)cc1. The predicted octanol–water partition coefficient (Wildman–Crippen LogP) is 8.87. The van der Waals surface area contributed by atoms with Crippen molar-refractivity contribution < 1.29 is 0 Å². The van der Waals surface area contributed by atoms with Gasteiger partial charge in [0, 0.05) is 43.8 Å². The van der Waals surface area contributed by atoms with Gasteiger partial charge < -0.3 is 9.13 Å². The molecule has 2 aliphatic heterocycles. The number of rotatable bonds is 4. The van der Waals surface area contributed by atoms with Crippen molar-refractivity contribution in [3.63, 3.8) is 0 Å². The van der Waals surface area contributed by atoms with Crippen LogP contribution in [0, 0.1) is 0 Å². The van der Waals surface area contributed by atoms with Crippen molar-refractivity contribution in [3.8, 4) is 33.6 Å². The molecule has 0 bridgehead atoms. The molecule has 0 amide bonds. The first-order valence-electron chi connectivity index (χ1n) is 20.4. The van der Waals surface area contributed by atoms with Crippen LogP contribution in [0.2, 0.25) is 0 Å². The van der Waals surface area contributed by atoms with E-state index in [1.54, 1.807) is 0 Å². The van der Waals surface area contributed by atoms with Crippen molar-refractivity contribution >= 4 is 89.8 Å². The standard InChI is InChI=1S/C54H34B2N2/c1-5-19-35(20-6-1)47-48(36-21-7-2-8-22-36)53-50(56(38-25-11-4-12-26-38)44-32-18-29-41-39-27-13-15-33-45(39)57(53)51(41)44)54-49(47)55(37-23-9-3-10-24-37)43-31-17-30-42-40-28-14-16-34-46(40)58(54)52(42)43/h1-34H. The molecule has 0 atom stereocenters. The van der Waals surface area contributed by atoms with E-state index in [1.807, 2.05) is 0 Å². The molecule has 4 heteroatoms. The largest absolute Gasteiger partial charge is 0.311 e. The van der Waals surface area contributed by atoms with Crippen LogP contribution >= 0.6 is 0 Å². The fraction of sp³-hybridized carbons (Fsp3) is 0. The smallest absolute Gasteiger partial charge is 0.249 e. The average molecular weight is 733 g/mol. The van der Waals surface area contributed by atoms with Gasteiger partial charge in [-0.25, -0.2) is 0 Å². The van der Waals surface area contributed by atoms with Gasteiger partial charge in [-0.1, -0.05) is 205 Å². The van der Waals surface area contributed by atoms with Crippen LogP contribution in [0.3, 0.4) is 0 Å². The molecular weight excluding hydrogens is 698 g/mol. The first-order valence-corrected chi connectivity index (χ1v) is 20.4. The van der Waals surface area contributed by atoms with Crippen LogP contribution in [0.15, 0.2) is 206 Å². The summed E-state index contributed by atoms with van der Waals surface area (Å²) in [6.45, 7) is -0.0784. The third kappa shape index (κ3) is 4.19. The Hall–Kier alpha value is -7.29. The lowest BCUT2D eigenvalue weighted by atomic mass is 9.30. The summed E-state index contributed by atoms with van der Waals surface area (Å²) in [5, 5.41) is 5.14. The summed E-state index contributed by atoms with van der Waals surface area (Å²) in [5.41, 5.74) is 20.6. The van der Waals surface area contributed by atoms with E-state index in [0.29, 0.717) is 0 Å². The lowest BCUT2D eigenvalue weighted by Gasteiger charge is -2.39. The predicted molar refractivity (Wildman–Crippen MR) is 248 cm³/mol. The molecule has 11 aromatic rings. The van der Waals surface area contributed by atoms with E-state index < -0.39 is 0 Å². The number of hydrogen-bond donors (Lipinski definition) is 0. The van der Waals surface area contributed by atoms with Crippen LogP contribution in [0.1, 0.15) is 0 Å². The molecule has 2 nitrogen and oxygen atoms in total. The number of aromatic nitrogens is 2. The van der Waals surface area contributed by atoms with Gasteiger partial charge in [-0.2, -0.15) is 0 Å². The van der Waals surface area contributed by atoms with Crippen molar-refractivity contribution in [2.75, 3.05) is 0 Å². The van der Waals surface area contributed by atoms with E-state index in [9.17, 15) is 0 Å². The zero-order chi connectivity index (χ0) is 37.9. The molecule has 0 N–H and O–H groups in total. The minimum absolute atomic E-state index is 0.0327. The second kappa shape index (κ2) is 12.1. The van der Waals surface area contributed by atoms with Crippen LogP contribution in [0.25, 0.3) is 77.2 Å². The molecule has 0 saturated carbocycles. The zero-order valence-electron chi connectivity index (χ0n) is 31.7. The van der Waals surface area contributed by atoms with E-state index in [4.69, 9.17) is 0 Å². The summed E-state index contributed by atoms with van der Waals surface area (Å²) in [7, 11) is 0. The van der Waals surface area contributed by atoms with Gasteiger partial charge in [0.1, 0.15) is 0 Å². The van der Waals surface area contributed by atoms with Gasteiger partial charge in [-0.15, -0.1) is 0 Å². The van der Waals surface area contributed by atoms with Crippen LogP contribution < -0.4 is 32.8 Å². The van der Waals surface area contributed by atoms with Gasteiger partial charge in [-0.3, -0.25) is 0 Å². The minimum Gasteiger partial charge on any atom is -0.311 e. The molecule has 2 aliphatic rings. The Bertz CT molecular complexity index is 3440. The second-order valence-corrected chi connectivity index (χ2v) is 15.9. The van der Waals surface area contributed by atoms with Crippen molar-refractivity contribution in [3.05, 3.63) is 206 Å². The van der Waals surface area contributed by atoms with Gasteiger partial charge in [0.15, 0.2) is 0 Å². The molecule has 266 valence electrons. The van der Waals surface area contributed by atoms with Crippen LogP contribution in [-0.4, -0.2) is 22.6 Å². The Morgan fingerprint density at radius 3 is 1.21 bits per heavy atom. The molecule has 0 radical (unpaired) electrons. The highest BCUT2D eigenvalue weighted by Crippen LogP contribution is 2.45. The summed E-state index contributed by atoms with van der Waals surface area (Å²) in [6, 6.07) is 77.1. The zero-order valence-corrected chi connectivity index (χ0v) is 31.7. The Kier molecular flexibility index (Phi) is 6.65. The lowest BCUT2D eigenvalue weighted by molar-refractivity contribution is 1.16. The summed E-state index contributed by atoms with van der Waals surface area (Å²) in [4.78, 5) is 0. The van der Waals surface area contributed by atoms with Gasteiger partial charge in [-0.05, 0) is 50.7 Å². The van der Waals surface area contributed by atoms with E-state index in [0.717, 1.165) is 0 Å². The van der Waals surface area contributed by atoms with Crippen molar-refractivity contribution in [2.24, 2.45) is 0 Å². The average Bonchev–Trinajstić information content (AvgIpc) is 3.82. The molecule has 4 heterocycles. The highest BCUT2D eigenvalue weighted by Gasteiger charge is 2.45. The van der Waals surface area contributed by atoms with E-state index in [2.05, 4.69) is 215 Å². The van der Waals surface area contributed by atoms with Crippen molar-refractivity contribution in [2.45, 2.75) is 0 Å². The van der Waals surface area contributed by atoms with Crippen molar-refractivity contribution in [1.82, 2.24) is 9.13 Å². The Morgan fingerprint density at radius 1 is 0.293 bits per heavy atom. The maximum Gasteiger partial charge on any atom is 0.249 e. The second-order valence-electron chi connectivity index (χ2n) is 15.9. The van der Waals surface area contributed by atoms with Crippen LogP contribution in [0.5, 0.6) is 0 Å². The van der Waals surface area contributed by atoms with E-state index in [-0.39, 0.29) is 13.4 Å². The molecule has 0 spiro atoms. The first-order chi connectivity index (χ1) is 28.9.